The summed E-state index contributed by atoms with van der Waals surface area (Å²) in [6.07, 6.45) is 1.23. The van der Waals surface area contributed by atoms with E-state index in [-0.39, 0.29) is 6.03 Å². The third-order valence-corrected chi connectivity index (χ3v) is 3.35. The molecule has 1 aliphatic heterocycles. The molecule has 0 radical (unpaired) electrons. The summed E-state index contributed by atoms with van der Waals surface area (Å²) in [5, 5.41) is 12.4. The number of carbonyl (C=O) groups is 1. The van der Waals surface area contributed by atoms with Crippen molar-refractivity contribution in [3.63, 3.8) is 0 Å². The number of likely N-dealkylation sites (tertiary alicyclic amines) is 1. The molecule has 0 bridgehead atoms. The highest BCUT2D eigenvalue weighted by Gasteiger charge is 2.21. The van der Waals surface area contributed by atoms with Crippen LogP contribution in [0.25, 0.3) is 0 Å². The first-order valence-corrected chi connectivity index (χ1v) is 6.90. The van der Waals surface area contributed by atoms with Gasteiger partial charge in [0.1, 0.15) is 5.82 Å². The van der Waals surface area contributed by atoms with Gasteiger partial charge in [-0.1, -0.05) is 6.07 Å². The van der Waals surface area contributed by atoms with E-state index in [2.05, 4.69) is 10.3 Å². The van der Waals surface area contributed by atoms with Gasteiger partial charge in [0, 0.05) is 27.2 Å². The molecular weight excluding hydrogens is 256 g/mol. The minimum absolute atomic E-state index is 0.138. The monoisotopic (exact) mass is 278 g/mol. The first-order valence-electron chi connectivity index (χ1n) is 6.90. The lowest BCUT2D eigenvalue weighted by Crippen LogP contribution is -2.46. The van der Waals surface area contributed by atoms with Crippen molar-refractivity contribution in [2.24, 2.45) is 0 Å². The standard InChI is InChI=1S/C14H22N4O2/c1-17(2)13-7-3-5-11(16-13)9-15-14(20)18-8-4-6-12(19)10-18/h3,5,7,12,19H,4,6,8-10H2,1-2H3,(H,15,20). The quantitative estimate of drug-likeness (QED) is 0.858. The lowest BCUT2D eigenvalue weighted by atomic mass is 10.1. The lowest BCUT2D eigenvalue weighted by molar-refractivity contribution is 0.0841. The smallest absolute Gasteiger partial charge is 0.317 e. The van der Waals surface area contributed by atoms with E-state index >= 15 is 0 Å². The number of rotatable bonds is 3. The van der Waals surface area contributed by atoms with Crippen LogP contribution >= 0.6 is 0 Å². The van der Waals surface area contributed by atoms with Gasteiger partial charge in [-0.25, -0.2) is 9.78 Å². The van der Waals surface area contributed by atoms with E-state index in [4.69, 9.17) is 0 Å². The molecule has 1 aromatic heterocycles. The van der Waals surface area contributed by atoms with E-state index in [1.165, 1.54) is 0 Å². The maximum Gasteiger partial charge on any atom is 0.317 e. The van der Waals surface area contributed by atoms with Crippen LogP contribution in [0.4, 0.5) is 10.6 Å². The molecule has 2 heterocycles. The van der Waals surface area contributed by atoms with E-state index in [0.717, 1.165) is 24.4 Å². The number of urea groups is 1. The highest BCUT2D eigenvalue weighted by Crippen LogP contribution is 2.10. The van der Waals surface area contributed by atoms with E-state index in [9.17, 15) is 9.90 Å². The Labute approximate surface area is 119 Å². The normalized spacial score (nSPS) is 18.8. The van der Waals surface area contributed by atoms with Gasteiger partial charge < -0.3 is 20.2 Å². The van der Waals surface area contributed by atoms with Gasteiger partial charge in [-0.2, -0.15) is 0 Å². The SMILES string of the molecule is CN(C)c1cccc(CNC(=O)N2CCCC(O)C2)n1. The Hall–Kier alpha value is -1.82. The van der Waals surface area contributed by atoms with Crippen LogP contribution < -0.4 is 10.2 Å². The summed E-state index contributed by atoms with van der Waals surface area (Å²) in [4.78, 5) is 20.0. The molecule has 1 unspecified atom stereocenters. The van der Waals surface area contributed by atoms with Crippen molar-refractivity contribution in [1.29, 1.82) is 0 Å². The van der Waals surface area contributed by atoms with Crippen LogP contribution in [-0.4, -0.2) is 54.3 Å². The van der Waals surface area contributed by atoms with Gasteiger partial charge in [-0.05, 0) is 25.0 Å². The predicted molar refractivity (Wildman–Crippen MR) is 77.6 cm³/mol. The molecule has 110 valence electrons. The number of anilines is 1. The van der Waals surface area contributed by atoms with Crippen LogP contribution in [-0.2, 0) is 6.54 Å². The molecular formula is C14H22N4O2. The van der Waals surface area contributed by atoms with Gasteiger partial charge >= 0.3 is 6.03 Å². The maximum atomic E-state index is 12.0. The summed E-state index contributed by atoms with van der Waals surface area (Å²) < 4.78 is 0. The van der Waals surface area contributed by atoms with Crippen LogP contribution in [0.3, 0.4) is 0 Å². The fraction of sp³-hybridized carbons (Fsp3) is 0.571. The fourth-order valence-electron chi connectivity index (χ4n) is 2.23. The molecule has 20 heavy (non-hydrogen) atoms. The third kappa shape index (κ3) is 3.84. The average molecular weight is 278 g/mol. The number of aromatic nitrogens is 1. The van der Waals surface area contributed by atoms with E-state index < -0.39 is 6.10 Å². The van der Waals surface area contributed by atoms with Gasteiger partial charge in [-0.3, -0.25) is 0 Å². The summed E-state index contributed by atoms with van der Waals surface area (Å²) in [6.45, 7) is 1.51. The zero-order valence-corrected chi connectivity index (χ0v) is 12.0. The molecule has 2 N–H and O–H groups in total. The summed E-state index contributed by atoms with van der Waals surface area (Å²) in [7, 11) is 3.86. The van der Waals surface area contributed by atoms with Gasteiger partial charge in [-0.15, -0.1) is 0 Å². The zero-order chi connectivity index (χ0) is 14.5. The first kappa shape index (κ1) is 14.6. The number of pyridine rings is 1. The number of β-amino-alcohol motifs (C(OH)–C–C–N with tert-alkyl or cyclic N) is 1. The van der Waals surface area contributed by atoms with Crippen molar-refractivity contribution in [3.05, 3.63) is 23.9 Å². The van der Waals surface area contributed by atoms with E-state index in [1.807, 2.05) is 37.2 Å². The highest BCUT2D eigenvalue weighted by atomic mass is 16.3. The molecule has 1 saturated heterocycles. The second-order valence-corrected chi connectivity index (χ2v) is 5.28. The van der Waals surface area contributed by atoms with Crippen LogP contribution in [0.15, 0.2) is 18.2 Å². The fourth-order valence-corrected chi connectivity index (χ4v) is 2.23. The Bertz CT molecular complexity index is 464. The molecule has 6 nitrogen and oxygen atoms in total. The number of nitrogens with zero attached hydrogens (tertiary/aromatic N) is 3. The molecule has 1 atom stereocenters. The molecule has 0 aliphatic carbocycles. The van der Waals surface area contributed by atoms with Crippen molar-refractivity contribution in [2.45, 2.75) is 25.5 Å². The summed E-state index contributed by atoms with van der Waals surface area (Å²) in [5.41, 5.74) is 0.821. The number of carbonyl (C=O) groups excluding carboxylic acids is 1. The number of nitrogens with one attached hydrogen (secondary N) is 1. The van der Waals surface area contributed by atoms with Gasteiger partial charge in [0.05, 0.1) is 18.3 Å². The summed E-state index contributed by atoms with van der Waals surface area (Å²) >= 11 is 0. The molecule has 2 rings (SSSR count). The van der Waals surface area contributed by atoms with Gasteiger partial charge in [0.15, 0.2) is 0 Å². The third-order valence-electron chi connectivity index (χ3n) is 3.35. The minimum atomic E-state index is -0.398. The van der Waals surface area contributed by atoms with Crippen molar-refractivity contribution < 1.29 is 9.90 Å². The first-order chi connectivity index (χ1) is 9.56. The molecule has 1 aromatic rings. The Morgan fingerprint density at radius 1 is 1.55 bits per heavy atom. The maximum absolute atomic E-state index is 12.0. The van der Waals surface area contributed by atoms with Gasteiger partial charge in [0.25, 0.3) is 0 Å². The summed E-state index contributed by atoms with van der Waals surface area (Å²) in [6, 6.07) is 5.60. The Morgan fingerprint density at radius 3 is 3.05 bits per heavy atom. The molecule has 0 spiro atoms. The molecule has 0 aromatic carbocycles. The molecule has 0 saturated carbocycles. The Kier molecular flexibility index (Phi) is 4.79. The zero-order valence-electron chi connectivity index (χ0n) is 12.0. The highest BCUT2D eigenvalue weighted by molar-refractivity contribution is 5.74. The van der Waals surface area contributed by atoms with Crippen LogP contribution in [0.2, 0.25) is 0 Å². The number of aliphatic hydroxyl groups is 1. The van der Waals surface area contributed by atoms with Crippen LogP contribution in [0.5, 0.6) is 0 Å². The number of piperidine rings is 1. The molecule has 1 aliphatic rings. The van der Waals surface area contributed by atoms with E-state index in [1.54, 1.807) is 4.90 Å². The summed E-state index contributed by atoms with van der Waals surface area (Å²) in [5.74, 6) is 0.866. The lowest BCUT2D eigenvalue weighted by Gasteiger charge is -2.30. The van der Waals surface area contributed by atoms with Crippen molar-refractivity contribution in [3.8, 4) is 0 Å². The topological polar surface area (TPSA) is 68.7 Å². The second-order valence-electron chi connectivity index (χ2n) is 5.28. The van der Waals surface area contributed by atoms with Crippen LogP contribution in [0.1, 0.15) is 18.5 Å². The average Bonchev–Trinajstić information content (AvgIpc) is 2.45. The van der Waals surface area contributed by atoms with Crippen molar-refractivity contribution in [2.75, 3.05) is 32.1 Å². The number of aliphatic hydroxyl groups excluding tert-OH is 1. The van der Waals surface area contributed by atoms with Gasteiger partial charge in [0.2, 0.25) is 0 Å². The number of hydrogen-bond donors (Lipinski definition) is 2. The minimum Gasteiger partial charge on any atom is -0.391 e. The molecule has 6 heteroatoms. The predicted octanol–water partition coefficient (Wildman–Crippen LogP) is 0.814. The Morgan fingerprint density at radius 2 is 2.35 bits per heavy atom. The van der Waals surface area contributed by atoms with Crippen molar-refractivity contribution >= 4 is 11.8 Å². The Balaban J connectivity index is 1.88. The second kappa shape index (κ2) is 6.56. The van der Waals surface area contributed by atoms with Crippen molar-refractivity contribution in [1.82, 2.24) is 15.2 Å². The molecule has 1 fully saturated rings. The van der Waals surface area contributed by atoms with E-state index in [0.29, 0.717) is 19.6 Å². The number of hydrogen-bond acceptors (Lipinski definition) is 4. The number of amides is 2. The van der Waals surface area contributed by atoms with Crippen LogP contribution in [0, 0.1) is 0 Å². The largest absolute Gasteiger partial charge is 0.391 e. The molecule has 2 amide bonds.